The van der Waals surface area contributed by atoms with Gasteiger partial charge in [0.2, 0.25) is 6.10 Å². The first-order chi connectivity index (χ1) is 15.0. The number of nitrogens with one attached hydrogen (secondary N) is 1. The first-order valence-electron chi connectivity index (χ1n) is 9.69. The largest absolute Gasteiger partial charge is 0.733 e. The van der Waals surface area contributed by atoms with E-state index in [4.69, 9.17) is 9.47 Å². The predicted octanol–water partition coefficient (Wildman–Crippen LogP) is 3.18. The van der Waals surface area contributed by atoms with Crippen molar-refractivity contribution >= 4 is 23.7 Å². The van der Waals surface area contributed by atoms with Gasteiger partial charge in [0.05, 0.1) is 5.69 Å². The standard InChI is InChI=1S/C22H25N2O8/c1-22(2,3)32-20(27)18(15-11-7-8-12-17(15)24(29)30)31-21(28)23-16(19(25)26)13-14-9-5-4-6-10-14/h4-12,16,18,29H,13H2,1-3H3,(H,23,28)(H,25,26)/q-1/t16-,18?/m1/s1. The number of esters is 1. The molecular formula is C22H25N2O8-. The maximum Gasteiger partial charge on any atom is 0.409 e. The van der Waals surface area contributed by atoms with Crippen LogP contribution in [0.25, 0.3) is 0 Å². The Balaban J connectivity index is 2.27. The van der Waals surface area contributed by atoms with Gasteiger partial charge in [0.25, 0.3) is 0 Å². The Bertz CT molecular complexity index is 940. The average molecular weight is 445 g/mol. The van der Waals surface area contributed by atoms with Crippen molar-refractivity contribution in [3.05, 3.63) is 70.9 Å². The quantitative estimate of drug-likeness (QED) is 0.411. The molecule has 0 heterocycles. The molecule has 0 saturated heterocycles. The van der Waals surface area contributed by atoms with Gasteiger partial charge >= 0.3 is 18.0 Å². The van der Waals surface area contributed by atoms with Crippen molar-refractivity contribution in [2.45, 2.75) is 44.9 Å². The molecule has 10 heteroatoms. The monoisotopic (exact) mass is 445 g/mol. The molecule has 0 saturated carbocycles. The number of amides is 1. The van der Waals surface area contributed by atoms with Crippen molar-refractivity contribution in [1.29, 1.82) is 0 Å². The van der Waals surface area contributed by atoms with Crippen molar-refractivity contribution in [3.8, 4) is 0 Å². The molecule has 1 unspecified atom stereocenters. The third-order valence-electron chi connectivity index (χ3n) is 4.14. The van der Waals surface area contributed by atoms with Crippen molar-refractivity contribution in [2.75, 3.05) is 5.23 Å². The molecule has 2 aromatic carbocycles. The number of hydrogen-bond acceptors (Lipinski definition) is 8. The minimum Gasteiger partial charge on any atom is -0.733 e. The molecule has 0 aromatic heterocycles. The van der Waals surface area contributed by atoms with E-state index in [0.29, 0.717) is 5.56 Å². The van der Waals surface area contributed by atoms with E-state index < -0.39 is 41.0 Å². The van der Waals surface area contributed by atoms with Gasteiger partial charge in [-0.15, -0.1) is 0 Å². The van der Waals surface area contributed by atoms with Crippen LogP contribution >= 0.6 is 0 Å². The molecule has 2 atom stereocenters. The number of para-hydroxylation sites is 1. The number of carbonyl (C=O) groups excluding carboxylic acids is 2. The van der Waals surface area contributed by atoms with E-state index in [2.05, 4.69) is 5.32 Å². The first kappa shape index (κ1) is 24.6. The number of aliphatic carboxylic acids is 1. The van der Waals surface area contributed by atoms with Gasteiger partial charge in [-0.2, -0.15) is 0 Å². The van der Waals surface area contributed by atoms with Crippen LogP contribution in [0.4, 0.5) is 10.5 Å². The highest BCUT2D eigenvalue weighted by Gasteiger charge is 2.33. The van der Waals surface area contributed by atoms with Crippen LogP contribution < -0.4 is 10.5 Å². The summed E-state index contributed by atoms with van der Waals surface area (Å²) in [5.41, 5.74) is -0.756. The Kier molecular flexibility index (Phi) is 8.16. The van der Waals surface area contributed by atoms with Gasteiger partial charge in [0.15, 0.2) is 0 Å². The van der Waals surface area contributed by atoms with E-state index in [1.54, 1.807) is 51.1 Å². The number of carboxylic acid groups (broad SMARTS) is 1. The van der Waals surface area contributed by atoms with E-state index in [1.165, 1.54) is 24.3 Å². The van der Waals surface area contributed by atoms with Gasteiger partial charge in [-0.1, -0.05) is 48.5 Å². The summed E-state index contributed by atoms with van der Waals surface area (Å²) in [6.07, 6.45) is -2.97. The molecule has 0 aliphatic rings. The lowest BCUT2D eigenvalue weighted by Gasteiger charge is -2.29. The van der Waals surface area contributed by atoms with Crippen LogP contribution in [0.15, 0.2) is 54.6 Å². The molecule has 0 aliphatic heterocycles. The zero-order chi connectivity index (χ0) is 23.9. The average Bonchev–Trinajstić information content (AvgIpc) is 2.71. The summed E-state index contributed by atoms with van der Waals surface area (Å²) in [5.74, 6) is -2.31. The van der Waals surface area contributed by atoms with Crippen LogP contribution in [0.1, 0.15) is 38.0 Å². The molecule has 0 aliphatic carbocycles. The van der Waals surface area contributed by atoms with E-state index in [0.717, 1.165) is 0 Å². The molecule has 10 nitrogen and oxygen atoms in total. The third kappa shape index (κ3) is 7.25. The maximum absolute atomic E-state index is 12.7. The van der Waals surface area contributed by atoms with Gasteiger partial charge in [-0.05, 0) is 32.4 Å². The van der Waals surface area contributed by atoms with E-state index in [1.807, 2.05) is 0 Å². The van der Waals surface area contributed by atoms with Crippen LogP contribution in [0.2, 0.25) is 0 Å². The van der Waals surface area contributed by atoms with Gasteiger partial charge in [0.1, 0.15) is 11.6 Å². The summed E-state index contributed by atoms with van der Waals surface area (Å²) in [6.45, 7) is 4.79. The lowest BCUT2D eigenvalue weighted by atomic mass is 10.1. The highest BCUT2D eigenvalue weighted by molar-refractivity contribution is 5.84. The molecule has 2 aromatic rings. The number of benzene rings is 2. The minimum atomic E-state index is -1.74. The first-order valence-corrected chi connectivity index (χ1v) is 9.69. The van der Waals surface area contributed by atoms with Crippen LogP contribution in [0.3, 0.4) is 0 Å². The number of anilines is 1. The van der Waals surface area contributed by atoms with Crippen molar-refractivity contribution in [3.63, 3.8) is 0 Å². The maximum atomic E-state index is 12.7. The minimum absolute atomic E-state index is 0.0239. The van der Waals surface area contributed by atoms with Gasteiger partial charge in [-0.3, -0.25) is 5.21 Å². The topological polar surface area (TPSA) is 148 Å². The summed E-state index contributed by atoms with van der Waals surface area (Å²) in [6, 6.07) is 12.7. The molecule has 0 bridgehead atoms. The normalized spacial score (nSPS) is 12.9. The Hall–Kier alpha value is -3.63. The van der Waals surface area contributed by atoms with E-state index in [-0.39, 0.29) is 17.7 Å². The van der Waals surface area contributed by atoms with Crippen LogP contribution in [0.5, 0.6) is 0 Å². The summed E-state index contributed by atoms with van der Waals surface area (Å²) >= 11 is 0. The van der Waals surface area contributed by atoms with Crippen LogP contribution in [0, 0.1) is 5.21 Å². The number of rotatable bonds is 8. The van der Waals surface area contributed by atoms with Crippen molar-refractivity contribution < 1.29 is 34.2 Å². The molecule has 3 N–H and O–H groups in total. The van der Waals surface area contributed by atoms with Gasteiger partial charge in [-0.25, -0.2) is 14.4 Å². The zero-order valence-corrected chi connectivity index (χ0v) is 17.8. The SMILES string of the molecule is CC(C)(C)OC(=O)C(OC(=O)N[C@H](Cc1ccccc1)C(=O)O)c1ccccc1N([O-])O. The molecule has 0 spiro atoms. The Labute approximate surface area is 184 Å². The molecule has 1 amide bonds. The molecule has 0 radical (unpaired) electrons. The highest BCUT2D eigenvalue weighted by Crippen LogP contribution is 2.30. The van der Waals surface area contributed by atoms with Crippen molar-refractivity contribution in [2.24, 2.45) is 0 Å². The van der Waals surface area contributed by atoms with Gasteiger partial charge < -0.3 is 30.3 Å². The molecule has 0 fully saturated rings. The molecule has 172 valence electrons. The number of hydrogen-bond donors (Lipinski definition) is 3. The number of nitrogens with zero attached hydrogens (tertiary/aromatic N) is 1. The van der Waals surface area contributed by atoms with E-state index >= 15 is 0 Å². The summed E-state index contributed by atoms with van der Waals surface area (Å²) in [5, 5.41) is 32.1. The number of alkyl carbamates (subject to hydrolysis) is 1. The third-order valence-corrected chi connectivity index (χ3v) is 4.14. The van der Waals surface area contributed by atoms with Gasteiger partial charge in [0, 0.05) is 12.0 Å². The predicted molar refractivity (Wildman–Crippen MR) is 114 cm³/mol. The second-order valence-electron chi connectivity index (χ2n) is 7.88. The zero-order valence-electron chi connectivity index (χ0n) is 17.8. The van der Waals surface area contributed by atoms with Crippen LogP contribution in [-0.2, 0) is 25.5 Å². The number of carbonyl (C=O) groups is 3. The fourth-order valence-electron chi connectivity index (χ4n) is 2.81. The second kappa shape index (κ2) is 10.6. The lowest BCUT2D eigenvalue weighted by Crippen LogP contribution is -2.43. The molecule has 2 rings (SSSR count). The van der Waals surface area contributed by atoms with E-state index in [9.17, 15) is 29.9 Å². The Morgan fingerprint density at radius 1 is 1.06 bits per heavy atom. The smallest absolute Gasteiger partial charge is 0.409 e. The summed E-state index contributed by atoms with van der Waals surface area (Å²) in [4.78, 5) is 36.9. The number of ether oxygens (including phenoxy) is 2. The Morgan fingerprint density at radius 2 is 1.66 bits per heavy atom. The summed E-state index contributed by atoms with van der Waals surface area (Å²) < 4.78 is 10.5. The van der Waals surface area contributed by atoms with Crippen molar-refractivity contribution in [1.82, 2.24) is 5.32 Å². The Morgan fingerprint density at radius 3 is 2.22 bits per heavy atom. The number of carboxylic acids is 1. The molecule has 32 heavy (non-hydrogen) atoms. The fourth-order valence-corrected chi connectivity index (χ4v) is 2.81. The highest BCUT2D eigenvalue weighted by atomic mass is 16.8. The fraction of sp³-hybridized carbons (Fsp3) is 0.318. The summed E-state index contributed by atoms with van der Waals surface area (Å²) in [7, 11) is 0. The van der Waals surface area contributed by atoms with Crippen LogP contribution in [-0.4, -0.2) is 40.0 Å². The second-order valence-corrected chi connectivity index (χ2v) is 7.88. The molecular weight excluding hydrogens is 420 g/mol. The lowest BCUT2D eigenvalue weighted by molar-refractivity contribution is -0.165.